The second kappa shape index (κ2) is 12.1. The monoisotopic (exact) mass is 512 g/mol. The first-order chi connectivity index (χ1) is 16.9. The van der Waals surface area contributed by atoms with Crippen LogP contribution in [0.25, 0.3) is 0 Å². The Bertz CT molecular complexity index is 1000. The fraction of sp³-hybridized carbons (Fsp3) is 0.333. The molecule has 2 aromatic carbocycles. The summed E-state index contributed by atoms with van der Waals surface area (Å²) in [6.07, 6.45) is 1.16. The van der Waals surface area contributed by atoms with Crippen LogP contribution in [-0.4, -0.2) is 48.8 Å². The van der Waals surface area contributed by atoms with E-state index < -0.39 is 35.6 Å². The van der Waals surface area contributed by atoms with Crippen molar-refractivity contribution in [3.05, 3.63) is 59.7 Å². The van der Waals surface area contributed by atoms with E-state index in [0.717, 1.165) is 48.5 Å². The van der Waals surface area contributed by atoms with Gasteiger partial charge in [0.1, 0.15) is 0 Å². The standard InChI is InChI=1S/C24H24F4N2O6/c1-3-13-35-19(31)15-5-9-17(10-6-15)29-21(33)23(25,26)24(27,28)22(34)30-18-11-7-16(8-12-18)20(32)36-14-4-2/h5-12H,3-4,13-14H2,1-2H3,(H,29,33)(H,30,34). The van der Waals surface area contributed by atoms with Crippen molar-refractivity contribution in [1.82, 2.24) is 0 Å². The third-order valence-electron chi connectivity index (χ3n) is 4.60. The zero-order valence-corrected chi connectivity index (χ0v) is 19.4. The molecule has 0 fully saturated rings. The van der Waals surface area contributed by atoms with Gasteiger partial charge in [0, 0.05) is 11.4 Å². The summed E-state index contributed by atoms with van der Waals surface area (Å²) in [5.41, 5.74) is -0.507. The number of amides is 2. The van der Waals surface area contributed by atoms with Gasteiger partial charge in [-0.25, -0.2) is 9.59 Å². The number of esters is 2. The molecule has 0 aliphatic heterocycles. The van der Waals surface area contributed by atoms with E-state index in [1.807, 2.05) is 0 Å². The Morgan fingerprint density at radius 3 is 1.22 bits per heavy atom. The highest BCUT2D eigenvalue weighted by molar-refractivity contribution is 6.05. The van der Waals surface area contributed by atoms with E-state index in [1.165, 1.54) is 0 Å². The number of anilines is 2. The number of carbonyl (C=O) groups is 4. The Labute approximate surface area is 204 Å². The molecule has 194 valence electrons. The molecule has 12 heteroatoms. The van der Waals surface area contributed by atoms with E-state index in [-0.39, 0.29) is 35.7 Å². The van der Waals surface area contributed by atoms with Crippen molar-refractivity contribution in [2.75, 3.05) is 23.8 Å². The van der Waals surface area contributed by atoms with Gasteiger partial charge >= 0.3 is 35.6 Å². The summed E-state index contributed by atoms with van der Waals surface area (Å²) in [6.45, 7) is 3.89. The van der Waals surface area contributed by atoms with Crippen LogP contribution in [0, 0.1) is 0 Å². The Balaban J connectivity index is 2.05. The maximum absolute atomic E-state index is 14.3. The second-order valence-electron chi connectivity index (χ2n) is 7.48. The average molecular weight is 512 g/mol. The normalized spacial score (nSPS) is 11.4. The van der Waals surface area contributed by atoms with E-state index >= 15 is 0 Å². The van der Waals surface area contributed by atoms with Crippen molar-refractivity contribution in [3.8, 4) is 0 Å². The molecule has 8 nitrogen and oxygen atoms in total. The average Bonchev–Trinajstić information content (AvgIpc) is 2.86. The van der Waals surface area contributed by atoms with Crippen LogP contribution >= 0.6 is 0 Å². The number of rotatable bonds is 11. The molecule has 2 rings (SSSR count). The predicted octanol–water partition coefficient (Wildman–Crippen LogP) is 4.67. The van der Waals surface area contributed by atoms with Gasteiger partial charge in [0.05, 0.1) is 24.3 Å². The van der Waals surface area contributed by atoms with Crippen LogP contribution in [0.3, 0.4) is 0 Å². The fourth-order valence-corrected chi connectivity index (χ4v) is 2.64. The minimum absolute atomic E-state index is 0.0579. The molecule has 0 saturated carbocycles. The number of benzene rings is 2. The minimum Gasteiger partial charge on any atom is -0.462 e. The molecule has 0 saturated heterocycles. The van der Waals surface area contributed by atoms with Crippen molar-refractivity contribution in [2.45, 2.75) is 38.5 Å². The molecular formula is C24H24F4N2O6. The number of hydrogen-bond acceptors (Lipinski definition) is 6. The van der Waals surface area contributed by atoms with Gasteiger partial charge in [-0.1, -0.05) is 13.8 Å². The summed E-state index contributed by atoms with van der Waals surface area (Å²) in [5.74, 6) is -17.1. The Kier molecular flexibility index (Phi) is 9.53. The topological polar surface area (TPSA) is 111 Å². The molecule has 0 heterocycles. The lowest BCUT2D eigenvalue weighted by Gasteiger charge is -2.24. The van der Waals surface area contributed by atoms with Crippen LogP contribution in [0.15, 0.2) is 48.5 Å². The molecular weight excluding hydrogens is 488 g/mol. The molecule has 0 bridgehead atoms. The van der Waals surface area contributed by atoms with E-state index in [1.54, 1.807) is 24.5 Å². The zero-order valence-electron chi connectivity index (χ0n) is 19.4. The van der Waals surface area contributed by atoms with Gasteiger partial charge in [0.15, 0.2) is 0 Å². The SMILES string of the molecule is CCCOC(=O)c1ccc(NC(=O)C(F)(F)C(F)(F)C(=O)Nc2ccc(C(=O)OCCC)cc2)cc1. The number of nitrogens with one attached hydrogen (secondary N) is 2. The van der Waals surface area contributed by atoms with Crippen LogP contribution in [0.2, 0.25) is 0 Å². The first-order valence-corrected chi connectivity index (χ1v) is 10.9. The third-order valence-corrected chi connectivity index (χ3v) is 4.60. The maximum Gasteiger partial charge on any atom is 0.396 e. The van der Waals surface area contributed by atoms with Gasteiger partial charge in [-0.15, -0.1) is 0 Å². The molecule has 0 radical (unpaired) electrons. The third kappa shape index (κ3) is 6.80. The molecule has 0 aliphatic carbocycles. The van der Waals surface area contributed by atoms with Gasteiger partial charge in [-0.05, 0) is 61.4 Å². The fourth-order valence-electron chi connectivity index (χ4n) is 2.64. The van der Waals surface area contributed by atoms with Gasteiger partial charge in [-0.2, -0.15) is 17.6 Å². The minimum atomic E-state index is -5.43. The molecule has 0 unspecified atom stereocenters. The van der Waals surface area contributed by atoms with Crippen molar-refractivity contribution in [3.63, 3.8) is 0 Å². The molecule has 2 amide bonds. The van der Waals surface area contributed by atoms with E-state index in [9.17, 15) is 36.7 Å². The molecule has 0 aliphatic rings. The van der Waals surface area contributed by atoms with Gasteiger partial charge in [0.25, 0.3) is 0 Å². The Hall–Kier alpha value is -3.96. The Morgan fingerprint density at radius 1 is 0.639 bits per heavy atom. The number of ether oxygens (including phenoxy) is 2. The molecule has 0 spiro atoms. The van der Waals surface area contributed by atoms with Crippen LogP contribution in [-0.2, 0) is 19.1 Å². The molecule has 0 aromatic heterocycles. The highest BCUT2D eigenvalue weighted by Gasteiger charge is 2.67. The zero-order chi connectivity index (χ0) is 26.9. The van der Waals surface area contributed by atoms with Crippen molar-refractivity contribution < 1.29 is 46.2 Å². The lowest BCUT2D eigenvalue weighted by molar-refractivity contribution is -0.204. The van der Waals surface area contributed by atoms with Crippen LogP contribution in [0.5, 0.6) is 0 Å². The smallest absolute Gasteiger partial charge is 0.396 e. The highest BCUT2D eigenvalue weighted by Crippen LogP contribution is 2.36. The predicted molar refractivity (Wildman–Crippen MR) is 121 cm³/mol. The van der Waals surface area contributed by atoms with Gasteiger partial charge in [0.2, 0.25) is 0 Å². The Morgan fingerprint density at radius 2 is 0.944 bits per heavy atom. The van der Waals surface area contributed by atoms with Gasteiger partial charge in [-0.3, -0.25) is 9.59 Å². The number of alkyl halides is 4. The number of halogens is 4. The summed E-state index contributed by atoms with van der Waals surface area (Å²) in [4.78, 5) is 47.4. The molecule has 0 atom stereocenters. The maximum atomic E-state index is 14.3. The quantitative estimate of drug-likeness (QED) is 0.335. The lowest BCUT2D eigenvalue weighted by atomic mass is 10.1. The lowest BCUT2D eigenvalue weighted by Crippen LogP contribution is -2.56. The van der Waals surface area contributed by atoms with E-state index in [2.05, 4.69) is 0 Å². The molecule has 2 N–H and O–H groups in total. The summed E-state index contributed by atoms with van der Waals surface area (Å²) >= 11 is 0. The number of carbonyl (C=O) groups excluding carboxylic acids is 4. The highest BCUT2D eigenvalue weighted by atomic mass is 19.3. The first-order valence-electron chi connectivity index (χ1n) is 10.9. The summed E-state index contributed by atoms with van der Waals surface area (Å²) in [5, 5.41) is 3.20. The number of hydrogen-bond donors (Lipinski definition) is 2. The second-order valence-corrected chi connectivity index (χ2v) is 7.48. The van der Waals surface area contributed by atoms with Crippen molar-refractivity contribution in [1.29, 1.82) is 0 Å². The largest absolute Gasteiger partial charge is 0.462 e. The first kappa shape index (κ1) is 28.3. The summed E-state index contributed by atoms with van der Waals surface area (Å²) < 4.78 is 67.0. The molecule has 2 aromatic rings. The summed E-state index contributed by atoms with van der Waals surface area (Å²) in [7, 11) is 0. The molecule has 36 heavy (non-hydrogen) atoms. The van der Waals surface area contributed by atoms with Crippen LogP contribution < -0.4 is 10.6 Å². The van der Waals surface area contributed by atoms with Crippen LogP contribution in [0.4, 0.5) is 28.9 Å². The van der Waals surface area contributed by atoms with Crippen LogP contribution in [0.1, 0.15) is 47.4 Å². The van der Waals surface area contributed by atoms with Crippen molar-refractivity contribution >= 4 is 35.1 Å². The van der Waals surface area contributed by atoms with E-state index in [0.29, 0.717) is 12.8 Å². The van der Waals surface area contributed by atoms with Crippen molar-refractivity contribution in [2.24, 2.45) is 0 Å². The van der Waals surface area contributed by atoms with Gasteiger partial charge < -0.3 is 20.1 Å². The van der Waals surface area contributed by atoms with E-state index in [4.69, 9.17) is 9.47 Å². The summed E-state index contributed by atoms with van der Waals surface area (Å²) in [6, 6.07) is 8.78.